The number of benzene rings is 1. The Morgan fingerprint density at radius 2 is 1.71 bits per heavy atom. The van der Waals surface area contributed by atoms with Crippen LogP contribution in [-0.4, -0.2) is 37.0 Å². The minimum atomic E-state index is 0. The first-order chi connectivity index (χ1) is 9.66. The number of nitrogens with zero attached hydrogens (tertiary/aromatic N) is 1. The van der Waals surface area contributed by atoms with Crippen molar-refractivity contribution in [2.75, 3.05) is 26.2 Å². The van der Waals surface area contributed by atoms with Gasteiger partial charge in [-0.3, -0.25) is 4.79 Å². The van der Waals surface area contributed by atoms with Crippen LogP contribution in [-0.2, 0) is 4.79 Å². The molecule has 2 aliphatic rings. The number of rotatable bonds is 3. The molecule has 0 saturated carbocycles. The van der Waals surface area contributed by atoms with Crippen molar-refractivity contribution < 1.29 is 4.79 Å². The second kappa shape index (κ2) is 6.80. The van der Waals surface area contributed by atoms with Crippen molar-refractivity contribution >= 4 is 18.3 Å². The highest BCUT2D eigenvalue weighted by atomic mass is 35.5. The van der Waals surface area contributed by atoms with E-state index in [1.165, 1.54) is 0 Å². The van der Waals surface area contributed by atoms with E-state index in [1.54, 1.807) is 0 Å². The molecule has 1 aromatic carbocycles. The van der Waals surface area contributed by atoms with Crippen molar-refractivity contribution in [1.82, 2.24) is 10.2 Å². The van der Waals surface area contributed by atoms with Crippen molar-refractivity contribution in [3.8, 4) is 0 Å². The smallest absolute Gasteiger partial charge is 0.230 e. The predicted molar refractivity (Wildman–Crippen MR) is 87.7 cm³/mol. The molecule has 0 aromatic heterocycles. The summed E-state index contributed by atoms with van der Waals surface area (Å²) in [5, 5.41) is 3.43. The summed E-state index contributed by atoms with van der Waals surface area (Å²) in [6.07, 6.45) is 0. The zero-order valence-corrected chi connectivity index (χ0v) is 13.6. The standard InChI is InChI=1S/C17H24N2O.ClH/c1-12(2)16(13-6-4-3-5-7-13)17(20)19-10-14-8-18-9-15(14)11-19;/h3-7,12,14-16,18H,8-11H2,1-2H3;1H/t14-,15+,16?;. The monoisotopic (exact) mass is 308 g/mol. The molecule has 116 valence electrons. The van der Waals surface area contributed by atoms with Gasteiger partial charge in [0.1, 0.15) is 0 Å². The van der Waals surface area contributed by atoms with Crippen LogP contribution in [0.5, 0.6) is 0 Å². The lowest BCUT2D eigenvalue weighted by atomic mass is 9.87. The van der Waals surface area contributed by atoms with Crippen molar-refractivity contribution in [2.45, 2.75) is 19.8 Å². The molecule has 21 heavy (non-hydrogen) atoms. The van der Waals surface area contributed by atoms with Crippen LogP contribution in [0.15, 0.2) is 30.3 Å². The largest absolute Gasteiger partial charge is 0.341 e. The van der Waals surface area contributed by atoms with Gasteiger partial charge in [0.2, 0.25) is 5.91 Å². The van der Waals surface area contributed by atoms with Crippen molar-refractivity contribution in [3.63, 3.8) is 0 Å². The fraction of sp³-hybridized carbons (Fsp3) is 0.588. The third kappa shape index (κ3) is 3.24. The summed E-state index contributed by atoms with van der Waals surface area (Å²) in [7, 11) is 0. The molecular weight excluding hydrogens is 284 g/mol. The summed E-state index contributed by atoms with van der Waals surface area (Å²) in [6.45, 7) is 8.32. The summed E-state index contributed by atoms with van der Waals surface area (Å²) in [5.41, 5.74) is 1.16. The maximum absolute atomic E-state index is 12.9. The summed E-state index contributed by atoms with van der Waals surface area (Å²) >= 11 is 0. The maximum atomic E-state index is 12.9. The van der Waals surface area contributed by atoms with Gasteiger partial charge in [-0.2, -0.15) is 0 Å². The van der Waals surface area contributed by atoms with Crippen LogP contribution in [0.1, 0.15) is 25.3 Å². The van der Waals surface area contributed by atoms with Gasteiger partial charge in [-0.1, -0.05) is 44.2 Å². The van der Waals surface area contributed by atoms with E-state index in [2.05, 4.69) is 36.2 Å². The fourth-order valence-corrected chi connectivity index (χ4v) is 3.71. The van der Waals surface area contributed by atoms with Gasteiger partial charge in [-0.25, -0.2) is 0 Å². The Kier molecular flexibility index (Phi) is 5.28. The van der Waals surface area contributed by atoms with Crippen LogP contribution in [0.4, 0.5) is 0 Å². The highest BCUT2D eigenvalue weighted by Gasteiger charge is 2.40. The van der Waals surface area contributed by atoms with Gasteiger partial charge >= 0.3 is 0 Å². The van der Waals surface area contributed by atoms with Crippen LogP contribution in [0, 0.1) is 17.8 Å². The topological polar surface area (TPSA) is 32.3 Å². The number of carbonyl (C=O) groups excluding carboxylic acids is 1. The Morgan fingerprint density at radius 3 is 2.24 bits per heavy atom. The van der Waals surface area contributed by atoms with Crippen LogP contribution < -0.4 is 5.32 Å². The Balaban J connectivity index is 0.00000161. The third-order valence-electron chi connectivity index (χ3n) is 4.79. The first kappa shape index (κ1) is 16.3. The molecular formula is C17H25ClN2O. The van der Waals surface area contributed by atoms with Gasteiger partial charge in [-0.15, -0.1) is 12.4 Å². The number of fused-ring (bicyclic) bond motifs is 1. The molecule has 1 amide bonds. The average molecular weight is 309 g/mol. The number of amides is 1. The first-order valence-corrected chi connectivity index (χ1v) is 7.71. The molecule has 0 aliphatic carbocycles. The van der Waals surface area contributed by atoms with E-state index in [4.69, 9.17) is 0 Å². The van der Waals surface area contributed by atoms with Gasteiger partial charge in [0.05, 0.1) is 5.92 Å². The van der Waals surface area contributed by atoms with Crippen LogP contribution in [0.25, 0.3) is 0 Å². The lowest BCUT2D eigenvalue weighted by Crippen LogP contribution is -2.37. The zero-order chi connectivity index (χ0) is 14.1. The second-order valence-electron chi connectivity index (χ2n) is 6.55. The Labute approximate surface area is 133 Å². The van der Waals surface area contributed by atoms with Crippen molar-refractivity contribution in [3.05, 3.63) is 35.9 Å². The molecule has 1 N–H and O–H groups in total. The molecule has 0 radical (unpaired) electrons. The van der Waals surface area contributed by atoms with Gasteiger partial charge in [0.15, 0.2) is 0 Å². The molecule has 3 nitrogen and oxygen atoms in total. The van der Waals surface area contributed by atoms with E-state index in [1.807, 2.05) is 18.2 Å². The van der Waals surface area contributed by atoms with E-state index in [0.29, 0.717) is 23.7 Å². The summed E-state index contributed by atoms with van der Waals surface area (Å²) in [4.78, 5) is 15.0. The third-order valence-corrected chi connectivity index (χ3v) is 4.79. The molecule has 2 fully saturated rings. The Bertz CT molecular complexity index is 465. The lowest BCUT2D eigenvalue weighted by Gasteiger charge is -2.27. The molecule has 4 heteroatoms. The highest BCUT2D eigenvalue weighted by molar-refractivity contribution is 5.85. The average Bonchev–Trinajstić information content (AvgIpc) is 3.00. The Hall–Kier alpha value is -1.06. The van der Waals surface area contributed by atoms with Crippen LogP contribution in [0.2, 0.25) is 0 Å². The van der Waals surface area contributed by atoms with Gasteiger partial charge in [0.25, 0.3) is 0 Å². The van der Waals surface area contributed by atoms with E-state index < -0.39 is 0 Å². The quantitative estimate of drug-likeness (QED) is 0.930. The van der Waals surface area contributed by atoms with Crippen molar-refractivity contribution in [2.24, 2.45) is 17.8 Å². The van der Waals surface area contributed by atoms with E-state index in [9.17, 15) is 4.79 Å². The minimum Gasteiger partial charge on any atom is -0.341 e. The molecule has 2 aliphatic heterocycles. The minimum absolute atomic E-state index is 0. The normalized spacial score (nSPS) is 25.6. The Morgan fingerprint density at radius 1 is 1.14 bits per heavy atom. The molecule has 0 bridgehead atoms. The van der Waals surface area contributed by atoms with Gasteiger partial charge in [0, 0.05) is 26.2 Å². The SMILES string of the molecule is CC(C)C(C(=O)N1C[C@H]2CNC[C@H]2C1)c1ccccc1.Cl. The van der Waals surface area contributed by atoms with Crippen molar-refractivity contribution in [1.29, 1.82) is 0 Å². The van der Waals surface area contributed by atoms with Gasteiger partial charge < -0.3 is 10.2 Å². The van der Waals surface area contributed by atoms with E-state index >= 15 is 0 Å². The zero-order valence-electron chi connectivity index (χ0n) is 12.8. The second-order valence-corrected chi connectivity index (χ2v) is 6.55. The number of hydrogen-bond acceptors (Lipinski definition) is 2. The number of nitrogens with one attached hydrogen (secondary N) is 1. The number of hydrogen-bond donors (Lipinski definition) is 1. The maximum Gasteiger partial charge on any atom is 0.230 e. The number of carbonyl (C=O) groups is 1. The van der Waals surface area contributed by atoms with E-state index in [-0.39, 0.29) is 18.3 Å². The highest BCUT2D eigenvalue weighted by Crippen LogP contribution is 2.32. The first-order valence-electron chi connectivity index (χ1n) is 7.71. The predicted octanol–water partition coefficient (Wildman–Crippen LogP) is 2.53. The molecule has 1 unspecified atom stereocenters. The molecule has 2 saturated heterocycles. The summed E-state index contributed by atoms with van der Waals surface area (Å²) in [6, 6.07) is 10.2. The number of halogens is 1. The molecule has 3 atom stereocenters. The van der Waals surface area contributed by atoms with Crippen LogP contribution in [0.3, 0.4) is 0 Å². The summed E-state index contributed by atoms with van der Waals surface area (Å²) in [5.74, 6) is 2.00. The summed E-state index contributed by atoms with van der Waals surface area (Å²) < 4.78 is 0. The molecule has 1 aromatic rings. The van der Waals surface area contributed by atoms with Gasteiger partial charge in [-0.05, 0) is 23.3 Å². The fourth-order valence-electron chi connectivity index (χ4n) is 3.71. The number of likely N-dealkylation sites (tertiary alicyclic amines) is 1. The lowest BCUT2D eigenvalue weighted by molar-refractivity contribution is -0.133. The molecule has 0 spiro atoms. The molecule has 2 heterocycles. The van der Waals surface area contributed by atoms with E-state index in [0.717, 1.165) is 31.7 Å². The van der Waals surface area contributed by atoms with Crippen LogP contribution >= 0.6 is 12.4 Å². The molecule has 3 rings (SSSR count).